The Bertz CT molecular complexity index is 2050. The topological polar surface area (TPSA) is 150 Å². The summed E-state index contributed by atoms with van der Waals surface area (Å²) in [5.41, 5.74) is 5.20. The maximum absolute atomic E-state index is 12.3. The van der Waals surface area contributed by atoms with Crippen LogP contribution in [0.5, 0.6) is 0 Å². The molecule has 4 heterocycles. The van der Waals surface area contributed by atoms with Gasteiger partial charge in [0.25, 0.3) is 47.3 Å². The highest BCUT2D eigenvalue weighted by Gasteiger charge is 2.42. The van der Waals surface area contributed by atoms with Gasteiger partial charge < -0.3 is 0 Å². The second kappa shape index (κ2) is 16.0. The summed E-state index contributed by atoms with van der Waals surface area (Å²) in [6, 6.07) is 34.5. The molecule has 12 nitrogen and oxygen atoms in total. The summed E-state index contributed by atoms with van der Waals surface area (Å²) >= 11 is 0. The zero-order valence-corrected chi connectivity index (χ0v) is 32.5. The van der Waals surface area contributed by atoms with Crippen molar-refractivity contribution in [2.75, 3.05) is 0 Å². The van der Waals surface area contributed by atoms with Crippen molar-refractivity contribution in [1.29, 1.82) is 0 Å². The Kier molecular flexibility index (Phi) is 11.0. The van der Waals surface area contributed by atoms with E-state index >= 15 is 0 Å². The van der Waals surface area contributed by atoms with Gasteiger partial charge in [0, 0.05) is 0 Å². The molecule has 0 atom stereocenters. The average Bonchev–Trinajstić information content (AvgIpc) is 3.81. The maximum atomic E-state index is 12.3. The first kappa shape index (κ1) is 38.3. The zero-order chi connectivity index (χ0) is 39.7. The van der Waals surface area contributed by atoms with E-state index in [1.807, 2.05) is 0 Å². The van der Waals surface area contributed by atoms with Crippen LogP contribution in [0, 0.1) is 13.8 Å². The molecule has 0 saturated carbocycles. The van der Waals surface area contributed by atoms with Crippen LogP contribution in [0.2, 0.25) is 0 Å². The molecule has 4 aliphatic rings. The Morgan fingerprint density at radius 1 is 0.268 bits per heavy atom. The smallest absolute Gasteiger partial charge is 0.268 e. The third-order valence-electron chi connectivity index (χ3n) is 8.61. The molecule has 0 bridgehead atoms. The molecule has 8 amide bonds. The van der Waals surface area contributed by atoms with Gasteiger partial charge in [-0.1, -0.05) is 83.9 Å². The molecule has 56 heavy (non-hydrogen) atoms. The lowest BCUT2D eigenvalue weighted by atomic mass is 10.1. The number of rotatable bonds is 6. The van der Waals surface area contributed by atoms with Crippen molar-refractivity contribution in [3.8, 4) is 0 Å². The Hall–Kier alpha value is -5.94. The van der Waals surface area contributed by atoms with Crippen LogP contribution in [-0.4, -0.2) is 64.5 Å². The van der Waals surface area contributed by atoms with Crippen molar-refractivity contribution >= 4 is 91.2 Å². The van der Waals surface area contributed by atoms with Crippen molar-refractivity contribution < 1.29 is 38.4 Å². The van der Waals surface area contributed by atoms with E-state index in [2.05, 4.69) is 38.1 Å². The number of amides is 8. The third-order valence-corrected chi connectivity index (χ3v) is 12.9. The minimum Gasteiger partial charge on any atom is -0.268 e. The van der Waals surface area contributed by atoms with Gasteiger partial charge in [-0.15, -0.1) is 0 Å². The van der Waals surface area contributed by atoms with E-state index in [1.165, 1.54) is 11.1 Å². The number of hydrogen-bond acceptors (Lipinski definition) is 12. The Labute approximate surface area is 335 Å². The summed E-state index contributed by atoms with van der Waals surface area (Å²) in [5, 5.41) is 0. The Morgan fingerprint density at radius 2 is 0.411 bits per heavy atom. The lowest BCUT2D eigenvalue weighted by molar-refractivity contribution is 0.0757. The lowest BCUT2D eigenvalue weighted by Gasteiger charge is -2.15. The summed E-state index contributed by atoms with van der Waals surface area (Å²) < 4.78 is 3.83. The molecule has 4 aliphatic heterocycles. The van der Waals surface area contributed by atoms with Crippen LogP contribution in [0.4, 0.5) is 0 Å². The molecule has 278 valence electrons. The average molecular weight is 819 g/mol. The number of benzene rings is 5. The molecule has 0 aliphatic carbocycles. The second-order valence-electron chi connectivity index (χ2n) is 12.3. The first-order valence-electron chi connectivity index (χ1n) is 16.6. The molecule has 0 fully saturated rings. The van der Waals surface area contributed by atoms with E-state index in [0.29, 0.717) is 44.5 Å². The summed E-state index contributed by atoms with van der Waals surface area (Å²) in [5.74, 6) is -3.63. The normalized spacial score (nSPS) is 15.0. The lowest BCUT2D eigenvalue weighted by Crippen LogP contribution is -2.25. The molecule has 0 saturated heterocycles. The largest absolute Gasteiger partial charge is 0.272 e. The van der Waals surface area contributed by atoms with Crippen LogP contribution in [-0.2, 0) is 0 Å². The van der Waals surface area contributed by atoms with Crippen molar-refractivity contribution in [3.63, 3.8) is 0 Å². The monoisotopic (exact) mass is 818 g/mol. The summed E-state index contributed by atoms with van der Waals surface area (Å²) in [4.78, 5) is 98.2. The van der Waals surface area contributed by atoms with Gasteiger partial charge >= 0.3 is 0 Å². The van der Waals surface area contributed by atoms with E-state index in [1.54, 1.807) is 97.1 Å². The van der Waals surface area contributed by atoms with E-state index < -0.39 is 47.3 Å². The van der Waals surface area contributed by atoms with E-state index in [-0.39, 0.29) is 0 Å². The fourth-order valence-electron chi connectivity index (χ4n) is 5.71. The summed E-state index contributed by atoms with van der Waals surface area (Å²) in [6.07, 6.45) is 0. The second-order valence-corrected chi connectivity index (χ2v) is 16.1. The highest BCUT2D eigenvalue weighted by atomic mass is 33.1. The van der Waals surface area contributed by atoms with Gasteiger partial charge in [0.15, 0.2) is 0 Å². The number of fused-ring (bicyclic) bond motifs is 4. The molecule has 5 aromatic rings. The molecule has 9 rings (SSSR count). The molecule has 0 N–H and O–H groups in total. The molecule has 5 aromatic carbocycles. The fraction of sp³-hybridized carbons (Fsp3) is 0.0500. The van der Waals surface area contributed by atoms with E-state index in [0.717, 1.165) is 61.1 Å². The highest BCUT2D eigenvalue weighted by molar-refractivity contribution is 8.75. The molecule has 16 heteroatoms. The van der Waals surface area contributed by atoms with Crippen LogP contribution >= 0.6 is 43.9 Å². The fourth-order valence-corrected chi connectivity index (χ4v) is 9.73. The first-order valence-corrected chi connectivity index (χ1v) is 20.7. The van der Waals surface area contributed by atoms with Crippen molar-refractivity contribution in [1.82, 2.24) is 17.2 Å². The van der Waals surface area contributed by atoms with Crippen LogP contribution in [0.15, 0.2) is 121 Å². The molecular weight excluding hydrogens is 793 g/mol. The zero-order valence-electron chi connectivity index (χ0n) is 29.2. The Balaban J connectivity index is 0.000000144. The maximum Gasteiger partial charge on any atom is 0.272 e. The summed E-state index contributed by atoms with van der Waals surface area (Å²) in [7, 11) is 3.07. The standard InChI is InChI=1S/2C16H8N2O4S2.C8H10/c2*19-13-9-5-1-2-6-10(9)14(20)17(13)23-24-18-15(21)11-7-3-4-8-12(11)16(18)22;1-7-3-5-8(2)6-4-7/h2*1-8H;3-6H,1-2H3. The third kappa shape index (κ3) is 7.14. The van der Waals surface area contributed by atoms with E-state index in [9.17, 15) is 38.4 Å². The minimum absolute atomic E-state index is 0.318. The molecule has 0 radical (unpaired) electrons. The van der Waals surface area contributed by atoms with Gasteiger partial charge in [-0.2, -0.15) is 0 Å². The minimum atomic E-state index is -0.454. The van der Waals surface area contributed by atoms with Gasteiger partial charge in [0.2, 0.25) is 0 Å². The molecular formula is C40H26N4O8S4. The molecule has 0 spiro atoms. The number of carbonyl (C=O) groups excluding carboxylic acids is 8. The van der Waals surface area contributed by atoms with Gasteiger partial charge in [0.05, 0.1) is 88.4 Å². The quantitative estimate of drug-likeness (QED) is 0.0932. The predicted octanol–water partition coefficient (Wildman–Crippen LogP) is 7.88. The van der Waals surface area contributed by atoms with Crippen LogP contribution in [0.1, 0.15) is 94.0 Å². The Morgan fingerprint density at radius 3 is 0.554 bits per heavy atom. The van der Waals surface area contributed by atoms with E-state index in [4.69, 9.17) is 0 Å². The van der Waals surface area contributed by atoms with Gasteiger partial charge in [-0.3, -0.25) is 38.4 Å². The van der Waals surface area contributed by atoms with Crippen molar-refractivity contribution in [2.24, 2.45) is 0 Å². The van der Waals surface area contributed by atoms with Crippen molar-refractivity contribution in [3.05, 3.63) is 177 Å². The number of imide groups is 4. The van der Waals surface area contributed by atoms with Crippen LogP contribution in [0.25, 0.3) is 0 Å². The first-order chi connectivity index (χ1) is 27.0. The molecule has 0 unspecified atom stereocenters. The number of nitrogens with zero attached hydrogens (tertiary/aromatic N) is 4. The number of aryl methyl sites for hydroxylation is 2. The number of carbonyl (C=O) groups is 8. The predicted molar refractivity (Wildman–Crippen MR) is 214 cm³/mol. The van der Waals surface area contributed by atoms with Gasteiger partial charge in [-0.25, -0.2) is 17.2 Å². The van der Waals surface area contributed by atoms with Gasteiger partial charge in [-0.05, 0) is 62.4 Å². The van der Waals surface area contributed by atoms with Crippen LogP contribution < -0.4 is 0 Å². The highest BCUT2D eigenvalue weighted by Crippen LogP contribution is 2.41. The number of hydrogen-bond donors (Lipinski definition) is 0. The van der Waals surface area contributed by atoms with Crippen molar-refractivity contribution in [2.45, 2.75) is 13.8 Å². The van der Waals surface area contributed by atoms with Crippen LogP contribution in [0.3, 0.4) is 0 Å². The summed E-state index contributed by atoms with van der Waals surface area (Å²) in [6.45, 7) is 4.19. The molecule has 0 aromatic heterocycles. The SMILES string of the molecule is Cc1ccc(C)cc1.O=C1c2ccccc2C(=O)N1SSN1C(=O)c2ccccc2C1=O.O=C1c2ccccc2C(=O)N1SSN1C(=O)c2ccccc2C1=O. The van der Waals surface area contributed by atoms with Gasteiger partial charge in [0.1, 0.15) is 0 Å².